The summed E-state index contributed by atoms with van der Waals surface area (Å²) in [4.78, 5) is 30.4. The lowest BCUT2D eigenvalue weighted by Crippen LogP contribution is -2.53. The van der Waals surface area contributed by atoms with E-state index in [9.17, 15) is 9.59 Å². The molecule has 2 heterocycles. The molecule has 1 aromatic rings. The maximum absolute atomic E-state index is 12.6. The topological polar surface area (TPSA) is 62.3 Å². The van der Waals surface area contributed by atoms with Gasteiger partial charge in [0.2, 0.25) is 5.91 Å². The fourth-order valence-corrected chi connectivity index (χ4v) is 3.81. The summed E-state index contributed by atoms with van der Waals surface area (Å²) in [5.41, 5.74) is 0.255. The van der Waals surface area contributed by atoms with Gasteiger partial charge in [0.15, 0.2) is 0 Å². The summed E-state index contributed by atoms with van der Waals surface area (Å²) in [6.07, 6.45) is 4.56. The van der Waals surface area contributed by atoms with E-state index in [-0.39, 0.29) is 12.5 Å². The van der Waals surface area contributed by atoms with Gasteiger partial charge in [0, 0.05) is 25.3 Å². The van der Waals surface area contributed by atoms with Crippen molar-refractivity contribution in [2.24, 2.45) is 0 Å². The van der Waals surface area contributed by atoms with Crippen molar-refractivity contribution >= 4 is 17.7 Å². The molecule has 0 radical (unpaired) electrons. The lowest BCUT2D eigenvalue weighted by Gasteiger charge is -2.35. The molecule has 0 aliphatic carbocycles. The summed E-state index contributed by atoms with van der Waals surface area (Å²) in [7, 11) is 0. The number of hydrogen-bond donors (Lipinski definition) is 0. The van der Waals surface area contributed by atoms with Crippen molar-refractivity contribution in [3.05, 3.63) is 24.3 Å². The minimum atomic E-state index is -0.569. The van der Waals surface area contributed by atoms with E-state index < -0.39 is 11.7 Å². The van der Waals surface area contributed by atoms with Gasteiger partial charge in [-0.3, -0.25) is 9.69 Å². The number of carbonyl (C=O) groups excluding carboxylic acids is 2. The van der Waals surface area contributed by atoms with E-state index in [1.807, 2.05) is 45.0 Å². The largest absolute Gasteiger partial charge is 0.494 e. The molecule has 1 aromatic carbocycles. The molecule has 0 bridgehead atoms. The Morgan fingerprint density at radius 3 is 2.33 bits per heavy atom. The molecule has 2 aliphatic rings. The van der Waals surface area contributed by atoms with Crippen LogP contribution in [-0.2, 0) is 9.53 Å². The van der Waals surface area contributed by atoms with Crippen molar-refractivity contribution in [1.29, 1.82) is 0 Å². The molecule has 2 saturated heterocycles. The Hall–Kier alpha value is -2.28. The lowest BCUT2D eigenvalue weighted by atomic mass is 10.1. The average Bonchev–Trinajstić information content (AvgIpc) is 2.71. The molecule has 30 heavy (non-hydrogen) atoms. The predicted molar refractivity (Wildman–Crippen MR) is 117 cm³/mol. The van der Waals surface area contributed by atoms with E-state index in [4.69, 9.17) is 9.47 Å². The Balaban J connectivity index is 1.43. The number of hydrogen-bond acceptors (Lipinski definition) is 5. The Morgan fingerprint density at radius 1 is 1.00 bits per heavy atom. The number of ether oxygens (including phenoxy) is 2. The summed E-state index contributed by atoms with van der Waals surface area (Å²) in [5.74, 6) is 0.708. The van der Waals surface area contributed by atoms with Crippen molar-refractivity contribution < 1.29 is 19.1 Å². The first-order valence-corrected chi connectivity index (χ1v) is 11.1. The molecule has 0 N–H and O–H groups in total. The zero-order valence-corrected chi connectivity index (χ0v) is 18.6. The number of rotatable bonds is 6. The van der Waals surface area contributed by atoms with Crippen molar-refractivity contribution in [2.45, 2.75) is 52.1 Å². The van der Waals surface area contributed by atoms with Crippen molar-refractivity contribution in [3.8, 4) is 5.75 Å². The van der Waals surface area contributed by atoms with Crippen LogP contribution < -0.4 is 9.64 Å². The molecule has 2 fully saturated rings. The molecule has 7 heteroatoms. The van der Waals surface area contributed by atoms with E-state index in [1.165, 1.54) is 37.3 Å². The summed E-state index contributed by atoms with van der Waals surface area (Å²) in [6.45, 7) is 10.6. The molecular weight excluding hydrogens is 382 g/mol. The van der Waals surface area contributed by atoms with Crippen LogP contribution in [0.15, 0.2) is 24.3 Å². The Morgan fingerprint density at radius 2 is 1.70 bits per heavy atom. The minimum absolute atomic E-state index is 0.0314. The van der Waals surface area contributed by atoms with Gasteiger partial charge in [0.25, 0.3) is 0 Å². The van der Waals surface area contributed by atoms with Crippen LogP contribution in [0.1, 0.15) is 46.5 Å². The smallest absolute Gasteiger partial charge is 0.410 e. The van der Waals surface area contributed by atoms with E-state index in [0.717, 1.165) is 24.4 Å². The van der Waals surface area contributed by atoms with Gasteiger partial charge in [-0.1, -0.05) is 6.42 Å². The van der Waals surface area contributed by atoms with Gasteiger partial charge in [-0.05, 0) is 77.4 Å². The van der Waals surface area contributed by atoms with E-state index >= 15 is 0 Å². The predicted octanol–water partition coefficient (Wildman–Crippen LogP) is 3.53. The van der Waals surface area contributed by atoms with Gasteiger partial charge in [0.1, 0.15) is 17.9 Å². The molecular formula is C23H35N3O4. The Labute approximate surface area is 179 Å². The minimum Gasteiger partial charge on any atom is -0.494 e. The van der Waals surface area contributed by atoms with Crippen molar-refractivity contribution in [1.82, 2.24) is 9.80 Å². The lowest BCUT2D eigenvalue weighted by molar-refractivity contribution is -0.121. The van der Waals surface area contributed by atoms with E-state index in [1.54, 1.807) is 4.90 Å². The Bertz CT molecular complexity index is 708. The first-order chi connectivity index (χ1) is 14.3. The maximum Gasteiger partial charge on any atom is 0.410 e. The molecule has 0 saturated carbocycles. The number of piperazine rings is 1. The molecule has 0 aromatic heterocycles. The second-order valence-corrected chi connectivity index (χ2v) is 9.05. The highest BCUT2D eigenvalue weighted by molar-refractivity contribution is 5.97. The van der Waals surface area contributed by atoms with Gasteiger partial charge >= 0.3 is 6.09 Å². The van der Waals surface area contributed by atoms with Gasteiger partial charge in [0.05, 0.1) is 6.61 Å². The first kappa shape index (κ1) is 22.4. The number of amides is 2. The standard InChI is InChI=1S/C23H35N3O4/c1-23(2,3)30-22(28)25-15-16-26(21(27)18-25)19-8-10-20(11-9-19)29-17-7-14-24-12-5-4-6-13-24/h8-11H,4-7,12-18H2,1-3H3. The van der Waals surface area contributed by atoms with Crippen molar-refractivity contribution in [2.75, 3.05) is 50.8 Å². The van der Waals surface area contributed by atoms with Gasteiger partial charge < -0.3 is 19.3 Å². The number of anilines is 1. The van der Waals surface area contributed by atoms with Gasteiger partial charge in [-0.15, -0.1) is 0 Å². The van der Waals surface area contributed by atoms with Crippen LogP contribution >= 0.6 is 0 Å². The third-order valence-electron chi connectivity index (χ3n) is 5.36. The van der Waals surface area contributed by atoms with E-state index in [0.29, 0.717) is 19.7 Å². The highest BCUT2D eigenvalue weighted by atomic mass is 16.6. The zero-order valence-electron chi connectivity index (χ0n) is 18.6. The quantitative estimate of drug-likeness (QED) is 0.663. The molecule has 7 nitrogen and oxygen atoms in total. The second kappa shape index (κ2) is 10.2. The number of benzene rings is 1. The van der Waals surface area contributed by atoms with Crippen LogP contribution in [0.25, 0.3) is 0 Å². The van der Waals surface area contributed by atoms with Crippen LogP contribution in [0.2, 0.25) is 0 Å². The van der Waals surface area contributed by atoms with E-state index in [2.05, 4.69) is 4.90 Å². The molecule has 0 atom stereocenters. The summed E-state index contributed by atoms with van der Waals surface area (Å²) < 4.78 is 11.2. The maximum atomic E-state index is 12.6. The first-order valence-electron chi connectivity index (χ1n) is 11.1. The van der Waals surface area contributed by atoms with Crippen LogP contribution in [0, 0.1) is 0 Å². The molecule has 2 aliphatic heterocycles. The van der Waals surface area contributed by atoms with Crippen LogP contribution in [0.4, 0.5) is 10.5 Å². The summed E-state index contributed by atoms with van der Waals surface area (Å²) in [5, 5.41) is 0. The third kappa shape index (κ3) is 6.62. The fourth-order valence-electron chi connectivity index (χ4n) is 3.81. The number of piperidine rings is 1. The number of carbonyl (C=O) groups is 2. The highest BCUT2D eigenvalue weighted by Gasteiger charge is 2.30. The highest BCUT2D eigenvalue weighted by Crippen LogP contribution is 2.22. The number of likely N-dealkylation sites (tertiary alicyclic amines) is 1. The normalized spacial score (nSPS) is 18.4. The second-order valence-electron chi connectivity index (χ2n) is 9.05. The summed E-state index contributed by atoms with van der Waals surface area (Å²) >= 11 is 0. The van der Waals surface area contributed by atoms with Crippen LogP contribution in [0.3, 0.4) is 0 Å². The molecule has 166 valence electrons. The van der Waals surface area contributed by atoms with Gasteiger partial charge in [-0.25, -0.2) is 4.79 Å². The molecule has 2 amide bonds. The molecule has 3 rings (SSSR count). The Kier molecular flexibility index (Phi) is 7.58. The monoisotopic (exact) mass is 417 g/mol. The van der Waals surface area contributed by atoms with Gasteiger partial charge in [-0.2, -0.15) is 0 Å². The van der Waals surface area contributed by atoms with Crippen molar-refractivity contribution in [3.63, 3.8) is 0 Å². The molecule has 0 spiro atoms. The zero-order chi connectivity index (χ0) is 21.6. The average molecular weight is 418 g/mol. The summed E-state index contributed by atoms with van der Waals surface area (Å²) in [6, 6.07) is 7.62. The SMILES string of the molecule is CC(C)(C)OC(=O)N1CCN(c2ccc(OCCCN3CCCCC3)cc2)C(=O)C1. The number of nitrogens with zero attached hydrogens (tertiary/aromatic N) is 3. The molecule has 0 unspecified atom stereocenters. The fraction of sp³-hybridized carbons (Fsp3) is 0.652. The van der Waals surface area contributed by atoms with Crippen LogP contribution in [-0.4, -0.2) is 73.3 Å². The third-order valence-corrected chi connectivity index (χ3v) is 5.36. The van der Waals surface area contributed by atoms with Crippen LogP contribution in [0.5, 0.6) is 5.75 Å².